The van der Waals surface area contributed by atoms with E-state index in [1.165, 1.54) is 0 Å². The highest BCUT2D eigenvalue weighted by Gasteiger charge is 2.10. The van der Waals surface area contributed by atoms with Crippen molar-refractivity contribution in [2.75, 3.05) is 6.54 Å². The quantitative estimate of drug-likeness (QED) is 0.931. The van der Waals surface area contributed by atoms with Gasteiger partial charge >= 0.3 is 0 Å². The van der Waals surface area contributed by atoms with E-state index < -0.39 is 0 Å². The maximum absolute atomic E-state index is 5.95. The van der Waals surface area contributed by atoms with Crippen LogP contribution >= 0.6 is 27.5 Å². The molecule has 0 aliphatic carbocycles. The molecule has 2 rings (SSSR count). The standard InChI is InChI=1S/C12H12BrClN2O/c1-2-15-6-9-7-17-12(16-9)10-5-8(14)3-4-11(10)13/h3-5,7,15H,2,6H2,1H3. The van der Waals surface area contributed by atoms with E-state index in [2.05, 4.69) is 33.2 Å². The first-order valence-corrected chi connectivity index (χ1v) is 6.48. The Hall–Kier alpha value is -0.840. The number of hydrogen-bond acceptors (Lipinski definition) is 3. The Kier molecular flexibility index (Phi) is 4.20. The average molecular weight is 316 g/mol. The van der Waals surface area contributed by atoms with Gasteiger partial charge in [0, 0.05) is 16.0 Å². The molecule has 0 amide bonds. The molecule has 0 atom stereocenters. The Morgan fingerprint density at radius 1 is 1.47 bits per heavy atom. The van der Waals surface area contributed by atoms with E-state index in [-0.39, 0.29) is 0 Å². The predicted octanol–water partition coefficient (Wildman–Crippen LogP) is 3.87. The second-order valence-electron chi connectivity index (χ2n) is 3.55. The minimum Gasteiger partial charge on any atom is -0.444 e. The van der Waals surface area contributed by atoms with Gasteiger partial charge in [-0.3, -0.25) is 0 Å². The van der Waals surface area contributed by atoms with Gasteiger partial charge < -0.3 is 9.73 Å². The first kappa shape index (κ1) is 12.6. The van der Waals surface area contributed by atoms with E-state index in [0.29, 0.717) is 17.5 Å². The maximum Gasteiger partial charge on any atom is 0.227 e. The summed E-state index contributed by atoms with van der Waals surface area (Å²) in [5.74, 6) is 0.576. The summed E-state index contributed by atoms with van der Waals surface area (Å²) >= 11 is 9.41. The lowest BCUT2D eigenvalue weighted by Crippen LogP contribution is -2.11. The molecule has 5 heteroatoms. The van der Waals surface area contributed by atoms with Crippen LogP contribution in [0.2, 0.25) is 5.02 Å². The number of oxazole rings is 1. The normalized spacial score (nSPS) is 10.8. The van der Waals surface area contributed by atoms with Gasteiger partial charge in [-0.15, -0.1) is 0 Å². The zero-order valence-electron chi connectivity index (χ0n) is 9.34. The third-order valence-corrected chi connectivity index (χ3v) is 3.19. The molecule has 0 spiro atoms. The SMILES string of the molecule is CCNCc1coc(-c2cc(Cl)ccc2Br)n1. The molecule has 0 saturated heterocycles. The van der Waals surface area contributed by atoms with Crippen molar-refractivity contribution in [3.05, 3.63) is 39.7 Å². The number of nitrogens with zero attached hydrogens (tertiary/aromatic N) is 1. The fourth-order valence-corrected chi connectivity index (χ4v) is 2.01. The van der Waals surface area contributed by atoms with Crippen molar-refractivity contribution < 1.29 is 4.42 Å². The van der Waals surface area contributed by atoms with Gasteiger partial charge in [0.2, 0.25) is 5.89 Å². The molecule has 0 unspecified atom stereocenters. The Balaban J connectivity index is 2.27. The maximum atomic E-state index is 5.95. The van der Waals surface area contributed by atoms with Crippen molar-refractivity contribution in [1.82, 2.24) is 10.3 Å². The van der Waals surface area contributed by atoms with E-state index in [0.717, 1.165) is 22.3 Å². The second-order valence-corrected chi connectivity index (χ2v) is 4.84. The summed E-state index contributed by atoms with van der Waals surface area (Å²) in [4.78, 5) is 4.40. The highest BCUT2D eigenvalue weighted by Crippen LogP contribution is 2.30. The highest BCUT2D eigenvalue weighted by atomic mass is 79.9. The van der Waals surface area contributed by atoms with E-state index in [1.54, 1.807) is 6.26 Å². The van der Waals surface area contributed by atoms with Crippen LogP contribution in [0.4, 0.5) is 0 Å². The summed E-state index contributed by atoms with van der Waals surface area (Å²) in [6.45, 7) is 3.66. The molecule has 0 bridgehead atoms. The van der Waals surface area contributed by atoms with Crippen molar-refractivity contribution >= 4 is 27.5 Å². The number of aromatic nitrogens is 1. The summed E-state index contributed by atoms with van der Waals surface area (Å²) < 4.78 is 6.36. The van der Waals surface area contributed by atoms with Crippen LogP contribution in [0.5, 0.6) is 0 Å². The fraction of sp³-hybridized carbons (Fsp3) is 0.250. The van der Waals surface area contributed by atoms with Crippen molar-refractivity contribution in [1.29, 1.82) is 0 Å². The van der Waals surface area contributed by atoms with Crippen LogP contribution in [-0.4, -0.2) is 11.5 Å². The molecule has 1 heterocycles. The number of halogens is 2. The van der Waals surface area contributed by atoms with Crippen LogP contribution in [0.15, 0.2) is 33.4 Å². The van der Waals surface area contributed by atoms with Crippen LogP contribution in [0, 0.1) is 0 Å². The minimum absolute atomic E-state index is 0.576. The number of nitrogens with one attached hydrogen (secondary N) is 1. The topological polar surface area (TPSA) is 38.1 Å². The molecule has 0 aliphatic heterocycles. The summed E-state index contributed by atoms with van der Waals surface area (Å²) in [6, 6.07) is 5.53. The van der Waals surface area contributed by atoms with Gasteiger partial charge in [-0.2, -0.15) is 0 Å². The van der Waals surface area contributed by atoms with Crippen LogP contribution in [0.3, 0.4) is 0 Å². The predicted molar refractivity (Wildman–Crippen MR) is 72.0 cm³/mol. The van der Waals surface area contributed by atoms with Crippen LogP contribution in [0.25, 0.3) is 11.5 Å². The van der Waals surface area contributed by atoms with Crippen molar-refractivity contribution in [2.24, 2.45) is 0 Å². The Morgan fingerprint density at radius 2 is 2.29 bits per heavy atom. The molecule has 1 aromatic heterocycles. The smallest absolute Gasteiger partial charge is 0.227 e. The Bertz CT molecular complexity index is 513. The minimum atomic E-state index is 0.576. The highest BCUT2D eigenvalue weighted by molar-refractivity contribution is 9.10. The van der Waals surface area contributed by atoms with Crippen LogP contribution in [0.1, 0.15) is 12.6 Å². The average Bonchev–Trinajstić information content (AvgIpc) is 2.78. The lowest BCUT2D eigenvalue weighted by atomic mass is 10.2. The molecule has 1 aromatic carbocycles. The molecule has 17 heavy (non-hydrogen) atoms. The number of benzene rings is 1. The van der Waals surface area contributed by atoms with Gasteiger partial charge in [0.25, 0.3) is 0 Å². The third-order valence-electron chi connectivity index (χ3n) is 2.27. The van der Waals surface area contributed by atoms with Gasteiger partial charge in [0.05, 0.1) is 11.3 Å². The fourth-order valence-electron chi connectivity index (χ4n) is 1.43. The van der Waals surface area contributed by atoms with Crippen LogP contribution < -0.4 is 5.32 Å². The zero-order chi connectivity index (χ0) is 12.3. The van der Waals surface area contributed by atoms with Gasteiger partial charge in [0.1, 0.15) is 6.26 Å². The van der Waals surface area contributed by atoms with Gasteiger partial charge in [-0.05, 0) is 40.7 Å². The zero-order valence-corrected chi connectivity index (χ0v) is 11.7. The molecule has 0 fully saturated rings. The largest absolute Gasteiger partial charge is 0.444 e. The molecule has 0 saturated carbocycles. The Morgan fingerprint density at radius 3 is 3.06 bits per heavy atom. The number of rotatable bonds is 4. The molecular weight excluding hydrogens is 304 g/mol. The molecule has 0 aliphatic rings. The molecule has 90 valence electrons. The number of hydrogen-bond donors (Lipinski definition) is 1. The van der Waals surface area contributed by atoms with E-state index in [9.17, 15) is 0 Å². The Labute approximate surface area is 113 Å². The first-order valence-electron chi connectivity index (χ1n) is 5.31. The summed E-state index contributed by atoms with van der Waals surface area (Å²) in [7, 11) is 0. The summed E-state index contributed by atoms with van der Waals surface area (Å²) in [5.41, 5.74) is 1.74. The second kappa shape index (κ2) is 5.67. The van der Waals surface area contributed by atoms with E-state index in [4.69, 9.17) is 16.0 Å². The van der Waals surface area contributed by atoms with E-state index in [1.807, 2.05) is 18.2 Å². The van der Waals surface area contributed by atoms with Gasteiger partial charge in [0.15, 0.2) is 0 Å². The molecule has 1 N–H and O–H groups in total. The van der Waals surface area contributed by atoms with Crippen molar-refractivity contribution in [3.8, 4) is 11.5 Å². The lowest BCUT2D eigenvalue weighted by Gasteiger charge is -2.00. The monoisotopic (exact) mass is 314 g/mol. The molecule has 3 nitrogen and oxygen atoms in total. The van der Waals surface area contributed by atoms with Gasteiger partial charge in [-0.1, -0.05) is 18.5 Å². The third kappa shape index (κ3) is 3.09. The summed E-state index contributed by atoms with van der Waals surface area (Å²) in [5, 5.41) is 3.86. The molecule has 2 aromatic rings. The summed E-state index contributed by atoms with van der Waals surface area (Å²) in [6.07, 6.45) is 1.66. The van der Waals surface area contributed by atoms with E-state index >= 15 is 0 Å². The van der Waals surface area contributed by atoms with Gasteiger partial charge in [-0.25, -0.2) is 4.98 Å². The first-order chi connectivity index (χ1) is 8.20. The molecular formula is C12H12BrClN2O. The van der Waals surface area contributed by atoms with Crippen LogP contribution in [-0.2, 0) is 6.54 Å². The molecule has 0 radical (unpaired) electrons. The van der Waals surface area contributed by atoms with Crippen molar-refractivity contribution in [3.63, 3.8) is 0 Å². The lowest BCUT2D eigenvalue weighted by molar-refractivity contribution is 0.570. The van der Waals surface area contributed by atoms with Crippen molar-refractivity contribution in [2.45, 2.75) is 13.5 Å².